The van der Waals surface area contributed by atoms with Gasteiger partial charge in [0.1, 0.15) is 6.04 Å². The lowest BCUT2D eigenvalue weighted by molar-refractivity contribution is -0.154. The number of aryl methyl sites for hydroxylation is 1. The maximum Gasteiger partial charge on any atom is 0.422 e. The summed E-state index contributed by atoms with van der Waals surface area (Å²) >= 11 is 11.7. The van der Waals surface area contributed by atoms with Crippen LogP contribution >= 0.6 is 23.2 Å². The molecule has 6 rings (SSSR count). The topological polar surface area (TPSA) is 220 Å². The monoisotopic (exact) mass is 812 g/mol. The van der Waals surface area contributed by atoms with E-state index < -0.39 is 59.9 Å². The van der Waals surface area contributed by atoms with E-state index in [1.54, 1.807) is 43.4 Å². The van der Waals surface area contributed by atoms with Gasteiger partial charge in [-0.2, -0.15) is 28.1 Å². The van der Waals surface area contributed by atoms with E-state index in [0.29, 0.717) is 34.9 Å². The number of amides is 3. The molecule has 1 aliphatic carbocycles. The van der Waals surface area contributed by atoms with Gasteiger partial charge in [-0.1, -0.05) is 35.9 Å². The first-order valence-electron chi connectivity index (χ1n) is 16.5. The van der Waals surface area contributed by atoms with Crippen LogP contribution in [0.1, 0.15) is 28.8 Å². The molecule has 5 aromatic rings. The minimum atomic E-state index is -4.65. The minimum absolute atomic E-state index is 0.0465. The molecule has 56 heavy (non-hydrogen) atoms. The molecule has 22 heteroatoms. The first-order valence-corrected chi connectivity index (χ1v) is 17.2. The maximum atomic E-state index is 13.0. The van der Waals surface area contributed by atoms with E-state index >= 15 is 0 Å². The van der Waals surface area contributed by atoms with E-state index in [-0.39, 0.29) is 23.1 Å². The van der Waals surface area contributed by atoms with Gasteiger partial charge in [-0.3, -0.25) is 19.2 Å². The summed E-state index contributed by atoms with van der Waals surface area (Å²) in [6, 6.07) is 17.1. The number of ether oxygens (including phenoxy) is 1. The third-order valence-electron chi connectivity index (χ3n) is 8.13. The molecule has 5 N–H and O–H groups in total. The van der Waals surface area contributed by atoms with Crippen LogP contribution in [0.3, 0.4) is 0 Å². The SMILES string of the molecule is Cn1nnnc1-c1cccc(NC(=O)C(=O)NC[C@H](NC(=O)c2ccc(Nc3nc(NC4(c5ccc(Cl)cc5)CC4)nc(OCC(F)(F)F)n3)cc2)C(=O)Cl)c1. The predicted molar refractivity (Wildman–Crippen MR) is 195 cm³/mol. The summed E-state index contributed by atoms with van der Waals surface area (Å²) in [5, 5.41) is 23.8. The second-order valence-corrected chi connectivity index (χ2v) is 13.1. The van der Waals surface area contributed by atoms with Crippen molar-refractivity contribution in [1.82, 2.24) is 45.8 Å². The molecule has 0 spiro atoms. The zero-order valence-corrected chi connectivity index (χ0v) is 30.4. The fourth-order valence-electron chi connectivity index (χ4n) is 5.21. The van der Waals surface area contributed by atoms with Crippen molar-refractivity contribution in [3.8, 4) is 17.4 Å². The van der Waals surface area contributed by atoms with Gasteiger partial charge in [0, 0.05) is 41.1 Å². The summed E-state index contributed by atoms with van der Waals surface area (Å²) in [5.74, 6) is -2.70. The third-order valence-corrected chi connectivity index (χ3v) is 8.65. The highest BCUT2D eigenvalue weighted by Gasteiger charge is 2.45. The molecule has 0 unspecified atom stereocenters. The van der Waals surface area contributed by atoms with Gasteiger partial charge in [0.25, 0.3) is 5.91 Å². The van der Waals surface area contributed by atoms with Crippen molar-refractivity contribution in [2.75, 3.05) is 29.1 Å². The maximum absolute atomic E-state index is 13.0. The van der Waals surface area contributed by atoms with Crippen LogP contribution in [-0.4, -0.2) is 83.5 Å². The Morgan fingerprint density at radius 3 is 2.29 bits per heavy atom. The number of nitrogens with one attached hydrogen (secondary N) is 5. The van der Waals surface area contributed by atoms with Gasteiger partial charge in [0.2, 0.25) is 17.1 Å². The molecule has 2 aromatic heterocycles. The molecule has 290 valence electrons. The molecule has 1 atom stereocenters. The quantitative estimate of drug-likeness (QED) is 0.0788. The second kappa shape index (κ2) is 16.5. The van der Waals surface area contributed by atoms with Crippen LogP contribution in [0.4, 0.5) is 36.4 Å². The van der Waals surface area contributed by atoms with Gasteiger partial charge in [0.05, 0.1) is 5.54 Å². The fourth-order valence-corrected chi connectivity index (χ4v) is 5.47. The molecule has 3 amide bonds. The van der Waals surface area contributed by atoms with Crippen LogP contribution in [0.2, 0.25) is 5.02 Å². The van der Waals surface area contributed by atoms with Crippen LogP contribution < -0.4 is 31.3 Å². The molecule has 1 fully saturated rings. The third kappa shape index (κ3) is 10.2. The lowest BCUT2D eigenvalue weighted by Crippen LogP contribution is -2.49. The summed E-state index contributed by atoms with van der Waals surface area (Å²) in [5.41, 5.74) is 1.53. The Labute approximate surface area is 324 Å². The van der Waals surface area contributed by atoms with Crippen molar-refractivity contribution in [3.05, 3.63) is 88.9 Å². The van der Waals surface area contributed by atoms with Gasteiger partial charge in [-0.05, 0) is 89.0 Å². The van der Waals surface area contributed by atoms with Crippen molar-refractivity contribution < 1.29 is 37.1 Å². The molecule has 2 heterocycles. The number of tetrazole rings is 1. The number of hydrogen-bond acceptors (Lipinski definition) is 13. The van der Waals surface area contributed by atoms with Crippen molar-refractivity contribution in [1.29, 1.82) is 0 Å². The number of nitrogens with zero attached hydrogens (tertiary/aromatic N) is 7. The van der Waals surface area contributed by atoms with Gasteiger partial charge in [0.15, 0.2) is 12.4 Å². The van der Waals surface area contributed by atoms with Crippen LogP contribution in [0.5, 0.6) is 6.01 Å². The summed E-state index contributed by atoms with van der Waals surface area (Å²) in [4.78, 5) is 62.5. The summed E-state index contributed by atoms with van der Waals surface area (Å²) in [7, 11) is 1.63. The first-order chi connectivity index (χ1) is 26.7. The highest BCUT2D eigenvalue weighted by molar-refractivity contribution is 6.65. The zero-order valence-electron chi connectivity index (χ0n) is 28.9. The van der Waals surface area contributed by atoms with Gasteiger partial charge in [-0.25, -0.2) is 4.68 Å². The average Bonchev–Trinajstić information content (AvgIpc) is 3.81. The van der Waals surface area contributed by atoms with E-state index in [9.17, 15) is 32.3 Å². The standard InChI is InChI=1S/C34H29Cl2F3N12O5/c1-51-26(48-49-50-51)19-3-2-4-23(15-19)41-29(55)28(54)40-16-24(25(36)52)43-27(53)18-5-11-22(12-6-18)42-30-44-31(46-32(45-30)56-17-34(37,38)39)47-33(13-14-33)20-7-9-21(35)10-8-20/h2-12,15,24H,13-14,16-17H2,1H3,(H,40,54)(H,41,55)(H,43,53)(H2,42,44,45,46,47)/t24-/m0/s1. The molecule has 1 aliphatic rings. The molecule has 3 aromatic carbocycles. The Balaban J connectivity index is 1.07. The van der Waals surface area contributed by atoms with Crippen LogP contribution in [0.25, 0.3) is 11.4 Å². The number of carbonyl (C=O) groups excluding carboxylic acids is 4. The lowest BCUT2D eigenvalue weighted by atomic mass is 10.1. The highest BCUT2D eigenvalue weighted by atomic mass is 35.5. The highest BCUT2D eigenvalue weighted by Crippen LogP contribution is 2.48. The zero-order chi connectivity index (χ0) is 40.0. The molecule has 17 nitrogen and oxygen atoms in total. The van der Waals surface area contributed by atoms with Crippen molar-refractivity contribution in [3.63, 3.8) is 0 Å². The van der Waals surface area contributed by atoms with Crippen molar-refractivity contribution >= 4 is 69.4 Å². The normalized spacial score (nSPS) is 13.5. The number of hydrogen-bond donors (Lipinski definition) is 5. The summed E-state index contributed by atoms with van der Waals surface area (Å²) in [6.45, 7) is -2.15. The second-order valence-electron chi connectivity index (χ2n) is 12.3. The van der Waals surface area contributed by atoms with Crippen LogP contribution in [-0.2, 0) is 27.0 Å². The number of anilines is 4. The smallest absolute Gasteiger partial charge is 0.422 e. The van der Waals surface area contributed by atoms with Crippen molar-refractivity contribution in [2.24, 2.45) is 7.05 Å². The molecule has 0 saturated heterocycles. The predicted octanol–water partition coefficient (Wildman–Crippen LogP) is 4.12. The molecule has 0 aliphatic heterocycles. The number of carbonyl (C=O) groups is 4. The van der Waals surface area contributed by atoms with Gasteiger partial charge >= 0.3 is 24.0 Å². The van der Waals surface area contributed by atoms with E-state index in [1.807, 2.05) is 12.1 Å². The van der Waals surface area contributed by atoms with E-state index in [0.717, 1.165) is 5.56 Å². The number of halogens is 5. The van der Waals surface area contributed by atoms with E-state index in [1.165, 1.54) is 28.9 Å². The van der Waals surface area contributed by atoms with E-state index in [4.69, 9.17) is 27.9 Å². The average molecular weight is 814 g/mol. The Morgan fingerprint density at radius 2 is 1.64 bits per heavy atom. The molecule has 0 bridgehead atoms. The molecular formula is C34H29Cl2F3N12O5. The summed E-state index contributed by atoms with van der Waals surface area (Å²) in [6.07, 6.45) is -3.25. The van der Waals surface area contributed by atoms with Crippen molar-refractivity contribution in [2.45, 2.75) is 30.6 Å². The van der Waals surface area contributed by atoms with Gasteiger partial charge < -0.3 is 31.3 Å². The van der Waals surface area contributed by atoms with Gasteiger partial charge in [-0.15, -0.1) is 5.10 Å². The number of rotatable bonds is 14. The van der Waals surface area contributed by atoms with Crippen LogP contribution in [0.15, 0.2) is 72.8 Å². The molecule has 0 radical (unpaired) electrons. The summed E-state index contributed by atoms with van der Waals surface area (Å²) < 4.78 is 45.1. The largest absolute Gasteiger partial charge is 0.454 e. The van der Waals surface area contributed by atoms with E-state index in [2.05, 4.69) is 57.1 Å². The number of alkyl halides is 3. The first kappa shape index (κ1) is 39.3. The number of benzene rings is 3. The fraction of sp³-hybridized carbons (Fsp3) is 0.235. The Hall–Kier alpha value is -6.41. The lowest BCUT2D eigenvalue weighted by Gasteiger charge is -2.19. The Bertz CT molecular complexity index is 2250. The van der Waals surface area contributed by atoms with Crippen LogP contribution in [0, 0.1) is 0 Å². The Morgan fingerprint density at radius 1 is 0.929 bits per heavy atom. The Kier molecular flexibility index (Phi) is 11.6. The number of aromatic nitrogens is 7. The minimum Gasteiger partial charge on any atom is -0.454 e. The molecular weight excluding hydrogens is 784 g/mol. The molecule has 1 saturated carbocycles.